The van der Waals surface area contributed by atoms with Crippen molar-refractivity contribution in [3.05, 3.63) is 65.6 Å². The fourth-order valence-corrected chi connectivity index (χ4v) is 3.17. The zero-order chi connectivity index (χ0) is 19.5. The number of tetrazole rings is 1. The first-order chi connectivity index (χ1) is 13.7. The second kappa shape index (κ2) is 7.51. The minimum Gasteiger partial charge on any atom is -0.497 e. The van der Waals surface area contributed by atoms with Crippen molar-refractivity contribution in [2.45, 2.75) is 13.3 Å². The Morgan fingerprint density at radius 1 is 1.25 bits per heavy atom. The fourth-order valence-electron chi connectivity index (χ4n) is 3.17. The predicted octanol–water partition coefficient (Wildman–Crippen LogP) is 2.43. The van der Waals surface area contributed by atoms with Gasteiger partial charge in [-0.2, -0.15) is 0 Å². The molecule has 0 aliphatic heterocycles. The molecule has 0 aliphatic rings. The van der Waals surface area contributed by atoms with Gasteiger partial charge in [0.15, 0.2) is 0 Å². The highest BCUT2D eigenvalue weighted by molar-refractivity contribution is 5.95. The average molecular weight is 376 g/mol. The maximum Gasteiger partial charge on any atom is 0.251 e. The monoisotopic (exact) mass is 376 g/mol. The summed E-state index contributed by atoms with van der Waals surface area (Å²) in [4.78, 5) is 15.8. The van der Waals surface area contributed by atoms with E-state index in [1.807, 2.05) is 37.4 Å². The molecule has 0 atom stereocenters. The van der Waals surface area contributed by atoms with E-state index in [0.29, 0.717) is 18.5 Å². The number of ether oxygens (including phenoxy) is 1. The molecular formula is C20H20N6O2. The number of carbonyl (C=O) groups excluding carboxylic acids is 1. The molecule has 2 aromatic carbocycles. The van der Waals surface area contributed by atoms with Gasteiger partial charge >= 0.3 is 0 Å². The topological polar surface area (TPSA) is 97.7 Å². The number of hydrogen-bond acceptors (Lipinski definition) is 5. The third kappa shape index (κ3) is 3.44. The number of nitrogens with zero attached hydrogens (tertiary/aromatic N) is 4. The van der Waals surface area contributed by atoms with Gasteiger partial charge in [-0.3, -0.25) is 4.79 Å². The summed E-state index contributed by atoms with van der Waals surface area (Å²) in [6.07, 6.45) is 4.19. The molecule has 4 aromatic rings. The molecule has 0 aliphatic carbocycles. The van der Waals surface area contributed by atoms with Crippen molar-refractivity contribution >= 4 is 16.8 Å². The zero-order valence-electron chi connectivity index (χ0n) is 15.6. The summed E-state index contributed by atoms with van der Waals surface area (Å²) in [6, 6.07) is 11.4. The third-order valence-electron chi connectivity index (χ3n) is 4.72. The summed E-state index contributed by atoms with van der Waals surface area (Å²) in [5.41, 5.74) is 4.51. The van der Waals surface area contributed by atoms with Crippen LogP contribution in [0.25, 0.3) is 16.6 Å². The lowest BCUT2D eigenvalue weighted by molar-refractivity contribution is 0.0954. The summed E-state index contributed by atoms with van der Waals surface area (Å²) >= 11 is 0. The fraction of sp³-hybridized carbons (Fsp3) is 0.200. The average Bonchev–Trinajstić information content (AvgIpc) is 3.38. The first-order valence-electron chi connectivity index (χ1n) is 8.92. The quantitative estimate of drug-likeness (QED) is 0.539. The van der Waals surface area contributed by atoms with Crippen LogP contribution < -0.4 is 10.1 Å². The Morgan fingerprint density at radius 3 is 2.93 bits per heavy atom. The third-order valence-corrected chi connectivity index (χ3v) is 4.72. The van der Waals surface area contributed by atoms with Gasteiger partial charge in [0, 0.05) is 29.2 Å². The molecule has 0 fully saturated rings. The van der Waals surface area contributed by atoms with Gasteiger partial charge in [0.25, 0.3) is 5.91 Å². The summed E-state index contributed by atoms with van der Waals surface area (Å²) in [5, 5.41) is 15.3. The van der Waals surface area contributed by atoms with Crippen LogP contribution in [0.4, 0.5) is 0 Å². The van der Waals surface area contributed by atoms with Crippen LogP contribution in [-0.2, 0) is 6.42 Å². The number of fused-ring (bicyclic) bond motifs is 1. The summed E-state index contributed by atoms with van der Waals surface area (Å²) in [7, 11) is 1.65. The Kier molecular flexibility index (Phi) is 4.76. The number of amides is 1. The van der Waals surface area contributed by atoms with Gasteiger partial charge in [-0.25, -0.2) is 4.68 Å². The molecule has 2 heterocycles. The summed E-state index contributed by atoms with van der Waals surface area (Å²) in [6.45, 7) is 2.47. The molecule has 2 aromatic heterocycles. The minimum atomic E-state index is -0.133. The van der Waals surface area contributed by atoms with Crippen LogP contribution in [0.15, 0.2) is 48.9 Å². The minimum absolute atomic E-state index is 0.133. The number of aryl methyl sites for hydroxylation is 1. The summed E-state index contributed by atoms with van der Waals surface area (Å²) in [5.74, 6) is 0.680. The smallest absolute Gasteiger partial charge is 0.251 e. The Labute approximate surface area is 161 Å². The Balaban J connectivity index is 1.45. The molecule has 2 N–H and O–H groups in total. The van der Waals surface area contributed by atoms with E-state index in [-0.39, 0.29) is 5.91 Å². The molecule has 8 heteroatoms. The van der Waals surface area contributed by atoms with Crippen molar-refractivity contribution < 1.29 is 9.53 Å². The highest BCUT2D eigenvalue weighted by Gasteiger charge is 2.11. The van der Waals surface area contributed by atoms with Crippen LogP contribution in [0.3, 0.4) is 0 Å². The number of carbonyl (C=O) groups is 1. The van der Waals surface area contributed by atoms with Gasteiger partial charge in [0.2, 0.25) is 0 Å². The van der Waals surface area contributed by atoms with Gasteiger partial charge in [-0.05, 0) is 65.2 Å². The largest absolute Gasteiger partial charge is 0.497 e. The number of aromatic nitrogens is 5. The molecule has 8 nitrogen and oxygen atoms in total. The highest BCUT2D eigenvalue weighted by Crippen LogP contribution is 2.23. The Morgan fingerprint density at radius 2 is 2.14 bits per heavy atom. The SMILES string of the molecule is COc1ccc2[nH]cc(CCNC(=O)c3ccc(C)c(-n4cnnn4)c3)c2c1. The van der Waals surface area contributed by atoms with Gasteiger partial charge in [-0.15, -0.1) is 5.10 Å². The van der Waals surface area contributed by atoms with E-state index in [4.69, 9.17) is 4.74 Å². The van der Waals surface area contributed by atoms with Crippen LogP contribution in [0.2, 0.25) is 0 Å². The van der Waals surface area contributed by atoms with E-state index in [0.717, 1.165) is 33.5 Å². The zero-order valence-corrected chi connectivity index (χ0v) is 15.6. The molecule has 0 spiro atoms. The molecular weight excluding hydrogens is 356 g/mol. The number of methoxy groups -OCH3 is 1. The molecule has 0 unspecified atom stereocenters. The van der Waals surface area contributed by atoms with Gasteiger partial charge < -0.3 is 15.0 Å². The second-order valence-corrected chi connectivity index (χ2v) is 6.49. The lowest BCUT2D eigenvalue weighted by Crippen LogP contribution is -2.25. The van der Waals surface area contributed by atoms with Crippen molar-refractivity contribution in [1.82, 2.24) is 30.5 Å². The van der Waals surface area contributed by atoms with Gasteiger partial charge in [-0.1, -0.05) is 6.07 Å². The maximum atomic E-state index is 12.6. The number of H-pyrrole nitrogens is 1. The van der Waals surface area contributed by atoms with E-state index in [9.17, 15) is 4.79 Å². The summed E-state index contributed by atoms with van der Waals surface area (Å²) < 4.78 is 6.85. The highest BCUT2D eigenvalue weighted by atomic mass is 16.5. The number of benzene rings is 2. The van der Waals surface area contributed by atoms with Crippen LogP contribution in [-0.4, -0.2) is 44.8 Å². The molecule has 0 saturated heterocycles. The molecule has 1 amide bonds. The van der Waals surface area contributed by atoms with Crippen molar-refractivity contribution in [2.75, 3.05) is 13.7 Å². The van der Waals surface area contributed by atoms with Crippen LogP contribution in [0.1, 0.15) is 21.5 Å². The molecule has 0 saturated carbocycles. The molecule has 0 bridgehead atoms. The number of rotatable bonds is 6. The van der Waals surface area contributed by atoms with E-state index in [1.54, 1.807) is 23.9 Å². The van der Waals surface area contributed by atoms with Crippen molar-refractivity contribution in [3.63, 3.8) is 0 Å². The van der Waals surface area contributed by atoms with E-state index >= 15 is 0 Å². The van der Waals surface area contributed by atoms with Gasteiger partial charge in [0.05, 0.1) is 12.8 Å². The van der Waals surface area contributed by atoms with Crippen LogP contribution in [0, 0.1) is 6.92 Å². The van der Waals surface area contributed by atoms with Gasteiger partial charge in [0.1, 0.15) is 12.1 Å². The molecule has 28 heavy (non-hydrogen) atoms. The molecule has 142 valence electrons. The van der Waals surface area contributed by atoms with Crippen LogP contribution >= 0.6 is 0 Å². The van der Waals surface area contributed by atoms with Crippen LogP contribution in [0.5, 0.6) is 5.75 Å². The lowest BCUT2D eigenvalue weighted by atomic mass is 10.1. The van der Waals surface area contributed by atoms with E-state index in [2.05, 4.69) is 25.8 Å². The predicted molar refractivity (Wildman–Crippen MR) is 105 cm³/mol. The van der Waals surface area contributed by atoms with Crippen molar-refractivity contribution in [3.8, 4) is 11.4 Å². The van der Waals surface area contributed by atoms with E-state index < -0.39 is 0 Å². The Bertz CT molecular complexity index is 1120. The number of nitrogens with one attached hydrogen (secondary N) is 2. The molecule has 4 rings (SSSR count). The maximum absolute atomic E-state index is 12.6. The normalized spacial score (nSPS) is 10.9. The van der Waals surface area contributed by atoms with Crippen molar-refractivity contribution in [1.29, 1.82) is 0 Å². The standard InChI is InChI=1S/C20H20N6O2/c1-13-3-4-14(9-19(13)26-12-23-24-25-26)20(27)21-8-7-15-11-22-18-6-5-16(28-2)10-17(15)18/h3-6,9-12,22H,7-8H2,1-2H3,(H,21,27). The van der Waals surface area contributed by atoms with Crippen molar-refractivity contribution in [2.24, 2.45) is 0 Å². The Hall–Kier alpha value is -3.68. The number of aromatic amines is 1. The first kappa shape index (κ1) is 17.7. The first-order valence-corrected chi connectivity index (χ1v) is 8.92. The van der Waals surface area contributed by atoms with E-state index in [1.165, 1.54) is 6.33 Å². The lowest BCUT2D eigenvalue weighted by Gasteiger charge is -2.09. The number of hydrogen-bond donors (Lipinski definition) is 2. The second-order valence-electron chi connectivity index (χ2n) is 6.49. The molecule has 0 radical (unpaired) electrons.